The quantitative estimate of drug-likeness (QED) is 0.386. The number of aromatic amines is 1. The SMILES string of the molecule is CCOC(=O)c1cc(C(=O)N2CCC(Oc3cccc4c(C5CCC(=O)NC5=O)nn(C)c34)CC2)c[nH]1. The third-order valence-electron chi connectivity index (χ3n) is 6.87. The molecule has 2 saturated heterocycles. The van der Waals surface area contributed by atoms with Crippen LogP contribution in [-0.2, 0) is 21.4 Å². The van der Waals surface area contributed by atoms with Gasteiger partial charge >= 0.3 is 5.97 Å². The molecule has 2 aromatic heterocycles. The van der Waals surface area contributed by atoms with Crippen LogP contribution in [0.25, 0.3) is 10.9 Å². The first-order valence-electron chi connectivity index (χ1n) is 12.5. The molecular formula is C26H29N5O6. The molecule has 11 nitrogen and oxygen atoms in total. The Labute approximate surface area is 213 Å². The number of H-pyrrole nitrogens is 1. The van der Waals surface area contributed by atoms with E-state index in [1.54, 1.807) is 16.5 Å². The third-order valence-corrected chi connectivity index (χ3v) is 6.87. The van der Waals surface area contributed by atoms with Gasteiger partial charge < -0.3 is 19.4 Å². The third kappa shape index (κ3) is 4.81. The maximum atomic E-state index is 12.9. The molecule has 2 aliphatic rings. The summed E-state index contributed by atoms with van der Waals surface area (Å²) in [5.41, 5.74) is 2.11. The Kier molecular flexibility index (Phi) is 6.68. The van der Waals surface area contributed by atoms with Crippen molar-refractivity contribution in [3.05, 3.63) is 47.4 Å². The summed E-state index contributed by atoms with van der Waals surface area (Å²) in [7, 11) is 1.81. The van der Waals surface area contributed by atoms with Gasteiger partial charge in [-0.1, -0.05) is 12.1 Å². The number of aromatic nitrogens is 3. The van der Waals surface area contributed by atoms with Gasteiger partial charge in [-0.25, -0.2) is 4.79 Å². The average molecular weight is 508 g/mol. The lowest BCUT2D eigenvalue weighted by Crippen LogP contribution is -2.41. The Morgan fingerprint density at radius 1 is 1.16 bits per heavy atom. The highest BCUT2D eigenvalue weighted by atomic mass is 16.5. The minimum Gasteiger partial charge on any atom is -0.488 e. The number of hydrogen-bond donors (Lipinski definition) is 2. The minimum absolute atomic E-state index is 0.0927. The lowest BCUT2D eigenvalue weighted by atomic mass is 9.93. The van der Waals surface area contributed by atoms with Crippen molar-refractivity contribution in [2.45, 2.75) is 44.6 Å². The van der Waals surface area contributed by atoms with Crippen LogP contribution >= 0.6 is 0 Å². The van der Waals surface area contributed by atoms with Gasteiger partial charge in [0.25, 0.3) is 5.91 Å². The van der Waals surface area contributed by atoms with Gasteiger partial charge in [0.2, 0.25) is 11.8 Å². The summed E-state index contributed by atoms with van der Waals surface area (Å²) >= 11 is 0. The molecule has 37 heavy (non-hydrogen) atoms. The predicted molar refractivity (Wildman–Crippen MR) is 132 cm³/mol. The molecule has 11 heteroatoms. The Morgan fingerprint density at radius 2 is 1.95 bits per heavy atom. The van der Waals surface area contributed by atoms with Crippen LogP contribution in [-0.4, -0.2) is 69.2 Å². The van der Waals surface area contributed by atoms with E-state index in [1.165, 1.54) is 12.3 Å². The molecule has 194 valence electrons. The summed E-state index contributed by atoms with van der Waals surface area (Å²) in [6.07, 6.45) is 3.45. The Bertz CT molecular complexity index is 1370. The van der Waals surface area contributed by atoms with E-state index in [2.05, 4.69) is 15.4 Å². The number of benzene rings is 1. The van der Waals surface area contributed by atoms with Crippen LogP contribution < -0.4 is 10.1 Å². The highest BCUT2D eigenvalue weighted by Crippen LogP contribution is 2.35. The van der Waals surface area contributed by atoms with Crippen molar-refractivity contribution in [2.24, 2.45) is 7.05 Å². The molecule has 4 heterocycles. The van der Waals surface area contributed by atoms with Crippen molar-refractivity contribution in [2.75, 3.05) is 19.7 Å². The van der Waals surface area contributed by atoms with Crippen LogP contribution in [0.15, 0.2) is 30.5 Å². The molecule has 2 N–H and O–H groups in total. The van der Waals surface area contributed by atoms with Crippen molar-refractivity contribution in [3.8, 4) is 5.75 Å². The summed E-state index contributed by atoms with van der Waals surface area (Å²) in [6.45, 7) is 3.03. The van der Waals surface area contributed by atoms with Crippen molar-refractivity contribution >= 4 is 34.6 Å². The van der Waals surface area contributed by atoms with E-state index in [4.69, 9.17) is 9.47 Å². The van der Waals surface area contributed by atoms with E-state index in [0.717, 1.165) is 10.9 Å². The highest BCUT2D eigenvalue weighted by molar-refractivity contribution is 6.03. The van der Waals surface area contributed by atoms with Gasteiger partial charge in [0.1, 0.15) is 23.1 Å². The zero-order valence-corrected chi connectivity index (χ0v) is 20.8. The first kappa shape index (κ1) is 24.5. The molecule has 1 atom stereocenters. The Hall–Kier alpha value is -4.15. The smallest absolute Gasteiger partial charge is 0.354 e. The molecule has 0 saturated carbocycles. The number of nitrogens with zero attached hydrogens (tertiary/aromatic N) is 3. The van der Waals surface area contributed by atoms with Gasteiger partial charge in [-0.15, -0.1) is 0 Å². The predicted octanol–water partition coefficient (Wildman–Crippen LogP) is 2.28. The largest absolute Gasteiger partial charge is 0.488 e. The topological polar surface area (TPSA) is 136 Å². The van der Waals surface area contributed by atoms with Crippen LogP contribution in [0.1, 0.15) is 65.1 Å². The van der Waals surface area contributed by atoms with Crippen molar-refractivity contribution < 1.29 is 28.7 Å². The van der Waals surface area contributed by atoms with Gasteiger partial charge in [0.15, 0.2) is 0 Å². The van der Waals surface area contributed by atoms with Crippen LogP contribution in [0.5, 0.6) is 5.75 Å². The number of fused-ring (bicyclic) bond motifs is 1. The number of nitrogens with one attached hydrogen (secondary N) is 2. The fourth-order valence-electron chi connectivity index (χ4n) is 5.02. The summed E-state index contributed by atoms with van der Waals surface area (Å²) in [4.78, 5) is 53.4. The number of carbonyl (C=O) groups excluding carboxylic acids is 4. The minimum atomic E-state index is -0.487. The first-order chi connectivity index (χ1) is 17.9. The number of amides is 3. The first-order valence-corrected chi connectivity index (χ1v) is 12.5. The molecular weight excluding hydrogens is 478 g/mol. The second-order valence-corrected chi connectivity index (χ2v) is 9.30. The van der Waals surface area contributed by atoms with E-state index >= 15 is 0 Å². The van der Waals surface area contributed by atoms with Crippen molar-refractivity contribution in [3.63, 3.8) is 0 Å². The summed E-state index contributed by atoms with van der Waals surface area (Å²) in [6, 6.07) is 7.19. The average Bonchev–Trinajstić information content (AvgIpc) is 3.50. The molecule has 0 spiro atoms. The maximum Gasteiger partial charge on any atom is 0.354 e. The number of piperidine rings is 2. The lowest BCUT2D eigenvalue weighted by Gasteiger charge is -2.32. The van der Waals surface area contributed by atoms with Crippen LogP contribution in [0.4, 0.5) is 0 Å². The molecule has 1 aromatic carbocycles. The zero-order valence-electron chi connectivity index (χ0n) is 20.8. The van der Waals surface area contributed by atoms with E-state index < -0.39 is 11.9 Å². The monoisotopic (exact) mass is 507 g/mol. The fraction of sp³-hybridized carbons (Fsp3) is 0.423. The second kappa shape index (κ2) is 10.1. The molecule has 5 rings (SSSR count). The molecule has 1 unspecified atom stereocenters. The number of rotatable bonds is 6. The Balaban J connectivity index is 1.26. The standard InChI is InChI=1S/C26H29N5O6/c1-3-36-26(35)19-13-15(14-27-19)25(34)31-11-9-16(10-12-31)37-20-6-4-5-17-22(29-30(2)23(17)20)18-7-8-21(32)28-24(18)33/h4-6,13-14,16,18,27H,3,7-12H2,1-2H3,(H,28,32,33). The zero-order chi connectivity index (χ0) is 26.1. The van der Waals surface area contributed by atoms with Crippen molar-refractivity contribution in [1.82, 2.24) is 25.0 Å². The number of imide groups is 1. The normalized spacial score (nSPS) is 18.6. The second-order valence-electron chi connectivity index (χ2n) is 9.30. The van der Waals surface area contributed by atoms with E-state index in [-0.39, 0.29) is 42.5 Å². The van der Waals surface area contributed by atoms with Gasteiger partial charge in [-0.3, -0.25) is 24.4 Å². The summed E-state index contributed by atoms with van der Waals surface area (Å²) in [5, 5.41) is 7.84. The number of hydrogen-bond acceptors (Lipinski definition) is 7. The molecule has 3 amide bonds. The molecule has 2 fully saturated rings. The summed E-state index contributed by atoms with van der Waals surface area (Å²) in [5.74, 6) is -1.03. The van der Waals surface area contributed by atoms with Gasteiger partial charge in [0.05, 0.1) is 23.8 Å². The number of esters is 1. The molecule has 0 radical (unpaired) electrons. The van der Waals surface area contributed by atoms with E-state index in [9.17, 15) is 19.2 Å². The fourth-order valence-corrected chi connectivity index (χ4v) is 5.02. The number of carbonyl (C=O) groups is 4. The number of para-hydroxylation sites is 1. The number of ether oxygens (including phenoxy) is 2. The lowest BCUT2D eigenvalue weighted by molar-refractivity contribution is -0.134. The molecule has 2 aliphatic heterocycles. The van der Waals surface area contributed by atoms with Gasteiger partial charge in [-0.05, 0) is 25.5 Å². The summed E-state index contributed by atoms with van der Waals surface area (Å²) < 4.78 is 13.1. The number of aryl methyl sites for hydroxylation is 1. The van der Waals surface area contributed by atoms with Crippen LogP contribution in [0.3, 0.4) is 0 Å². The van der Waals surface area contributed by atoms with Crippen molar-refractivity contribution in [1.29, 1.82) is 0 Å². The molecule has 0 bridgehead atoms. The van der Waals surface area contributed by atoms with Crippen LogP contribution in [0.2, 0.25) is 0 Å². The van der Waals surface area contributed by atoms with E-state index in [0.29, 0.717) is 49.4 Å². The van der Waals surface area contributed by atoms with Crippen LogP contribution in [0, 0.1) is 0 Å². The van der Waals surface area contributed by atoms with Gasteiger partial charge in [0, 0.05) is 51.0 Å². The molecule has 3 aromatic rings. The maximum absolute atomic E-state index is 12.9. The Morgan fingerprint density at radius 3 is 2.68 bits per heavy atom. The highest BCUT2D eigenvalue weighted by Gasteiger charge is 2.32. The van der Waals surface area contributed by atoms with E-state index in [1.807, 2.05) is 25.2 Å². The molecule has 0 aliphatic carbocycles. The number of likely N-dealkylation sites (tertiary alicyclic amines) is 1. The van der Waals surface area contributed by atoms with Gasteiger partial charge in [-0.2, -0.15) is 5.10 Å².